The molecule has 1 amide bonds. The van der Waals surface area contributed by atoms with E-state index in [1.54, 1.807) is 4.90 Å². The first-order valence-corrected chi connectivity index (χ1v) is 14.5. The van der Waals surface area contributed by atoms with Crippen molar-refractivity contribution in [3.63, 3.8) is 0 Å². The van der Waals surface area contributed by atoms with Crippen LogP contribution in [0.15, 0.2) is 41.7 Å². The first-order valence-electron chi connectivity index (χ1n) is 11.7. The van der Waals surface area contributed by atoms with Gasteiger partial charge in [0.25, 0.3) is 0 Å². The highest BCUT2D eigenvalue weighted by molar-refractivity contribution is 7.99. The van der Waals surface area contributed by atoms with Crippen LogP contribution in [0.4, 0.5) is 0 Å². The summed E-state index contributed by atoms with van der Waals surface area (Å²) in [5.74, 6) is 0.720. The number of rotatable bonds is 9. The van der Waals surface area contributed by atoms with E-state index in [1.165, 1.54) is 11.8 Å². The number of hydrogen-bond acceptors (Lipinski definition) is 6. The third-order valence-corrected chi connectivity index (χ3v) is 8.88. The van der Waals surface area contributed by atoms with Crippen molar-refractivity contribution >= 4 is 27.5 Å². The van der Waals surface area contributed by atoms with E-state index < -0.39 is 9.84 Å². The van der Waals surface area contributed by atoms with Gasteiger partial charge in [-0.15, -0.1) is 0 Å². The van der Waals surface area contributed by atoms with Crippen LogP contribution in [0.3, 0.4) is 0 Å². The molecule has 0 bridgehead atoms. The molecule has 180 valence electrons. The Morgan fingerprint density at radius 2 is 2.06 bits per heavy atom. The van der Waals surface area contributed by atoms with E-state index in [1.807, 2.05) is 24.4 Å². The van der Waals surface area contributed by atoms with Crippen LogP contribution in [0.2, 0.25) is 0 Å². The second kappa shape index (κ2) is 10.6. The number of aromatic nitrogens is 2. The zero-order chi connectivity index (χ0) is 23.4. The van der Waals surface area contributed by atoms with Crippen molar-refractivity contribution in [1.29, 1.82) is 0 Å². The topological polar surface area (TPSA) is 81.5 Å². The largest absolute Gasteiger partial charge is 0.376 e. The molecule has 7 nitrogen and oxygen atoms in total. The van der Waals surface area contributed by atoms with Crippen molar-refractivity contribution in [3.05, 3.63) is 36.5 Å². The number of imidazole rings is 1. The zero-order valence-electron chi connectivity index (χ0n) is 19.4. The minimum Gasteiger partial charge on any atom is -0.376 e. The van der Waals surface area contributed by atoms with E-state index in [-0.39, 0.29) is 41.2 Å². The van der Waals surface area contributed by atoms with Crippen molar-refractivity contribution in [3.8, 4) is 11.3 Å². The Labute approximate surface area is 200 Å². The van der Waals surface area contributed by atoms with Gasteiger partial charge in [-0.05, 0) is 30.7 Å². The molecule has 9 heteroatoms. The highest BCUT2D eigenvalue weighted by atomic mass is 32.2. The predicted octanol–water partition coefficient (Wildman–Crippen LogP) is 3.49. The molecule has 2 saturated heterocycles. The fraction of sp³-hybridized carbons (Fsp3) is 0.583. The fourth-order valence-electron chi connectivity index (χ4n) is 4.56. The van der Waals surface area contributed by atoms with E-state index >= 15 is 0 Å². The highest BCUT2D eigenvalue weighted by Crippen LogP contribution is 2.29. The zero-order valence-corrected chi connectivity index (χ0v) is 21.0. The first-order chi connectivity index (χ1) is 15.8. The summed E-state index contributed by atoms with van der Waals surface area (Å²) in [6.07, 6.45) is 4.63. The quantitative estimate of drug-likeness (QED) is 0.500. The molecule has 2 aliphatic rings. The summed E-state index contributed by atoms with van der Waals surface area (Å²) in [7, 11) is -3.06. The number of ether oxygens (including phenoxy) is 1. The van der Waals surface area contributed by atoms with Crippen molar-refractivity contribution in [2.24, 2.45) is 5.92 Å². The second-order valence-corrected chi connectivity index (χ2v) is 12.5. The van der Waals surface area contributed by atoms with Crippen molar-refractivity contribution in [2.45, 2.75) is 57.0 Å². The number of carbonyl (C=O) groups excluding carboxylic acids is 1. The van der Waals surface area contributed by atoms with E-state index in [4.69, 9.17) is 4.74 Å². The Morgan fingerprint density at radius 3 is 2.70 bits per heavy atom. The van der Waals surface area contributed by atoms with Gasteiger partial charge in [-0.3, -0.25) is 4.79 Å². The van der Waals surface area contributed by atoms with Crippen molar-refractivity contribution in [2.75, 3.05) is 30.4 Å². The number of amides is 1. The van der Waals surface area contributed by atoms with Gasteiger partial charge >= 0.3 is 0 Å². The van der Waals surface area contributed by atoms with Crippen LogP contribution in [0.1, 0.15) is 33.1 Å². The van der Waals surface area contributed by atoms with Gasteiger partial charge in [0.15, 0.2) is 15.0 Å². The molecule has 0 saturated carbocycles. The number of sulfone groups is 1. The van der Waals surface area contributed by atoms with Gasteiger partial charge in [-0.2, -0.15) is 0 Å². The minimum absolute atomic E-state index is 0.0243. The molecule has 2 fully saturated rings. The van der Waals surface area contributed by atoms with Gasteiger partial charge < -0.3 is 14.2 Å². The Kier molecular flexibility index (Phi) is 7.81. The molecular formula is C24H33N3O4S2. The lowest BCUT2D eigenvalue weighted by Crippen LogP contribution is -2.44. The third-order valence-electron chi connectivity index (χ3n) is 6.15. The molecule has 2 aliphatic heterocycles. The summed E-state index contributed by atoms with van der Waals surface area (Å²) in [4.78, 5) is 19.7. The molecular weight excluding hydrogens is 458 g/mol. The molecule has 2 unspecified atom stereocenters. The van der Waals surface area contributed by atoms with Crippen LogP contribution in [-0.2, 0) is 25.9 Å². The molecule has 1 aromatic carbocycles. The van der Waals surface area contributed by atoms with Gasteiger partial charge in [0, 0.05) is 19.2 Å². The second-order valence-electron chi connectivity index (χ2n) is 9.32. The first kappa shape index (κ1) is 24.3. The molecule has 0 spiro atoms. The number of carbonyl (C=O) groups is 1. The van der Waals surface area contributed by atoms with Crippen LogP contribution >= 0.6 is 11.8 Å². The number of nitrogens with zero attached hydrogens (tertiary/aromatic N) is 3. The van der Waals surface area contributed by atoms with Crippen LogP contribution in [0, 0.1) is 5.92 Å². The van der Waals surface area contributed by atoms with Crippen molar-refractivity contribution < 1.29 is 17.9 Å². The lowest BCUT2D eigenvalue weighted by Gasteiger charge is -2.30. The Hall–Kier alpha value is -1.84. The maximum absolute atomic E-state index is 13.2. The predicted molar refractivity (Wildman–Crippen MR) is 131 cm³/mol. The van der Waals surface area contributed by atoms with Gasteiger partial charge in [0.05, 0.1) is 41.8 Å². The SMILES string of the molecule is CC(C)CN(C(=O)CSc1ncc(-c2ccccc2)n1CC1CCCO1)C1CCS(=O)(=O)C1. The van der Waals surface area contributed by atoms with Crippen LogP contribution in [0.5, 0.6) is 0 Å². The van der Waals surface area contributed by atoms with Gasteiger partial charge in [0.2, 0.25) is 5.91 Å². The maximum atomic E-state index is 13.2. The van der Waals surface area contributed by atoms with E-state index in [0.717, 1.165) is 35.9 Å². The number of hydrogen-bond donors (Lipinski definition) is 0. The summed E-state index contributed by atoms with van der Waals surface area (Å²) >= 11 is 1.42. The van der Waals surface area contributed by atoms with E-state index in [9.17, 15) is 13.2 Å². The monoisotopic (exact) mass is 491 g/mol. The third kappa shape index (κ3) is 6.19. The molecule has 33 heavy (non-hydrogen) atoms. The average Bonchev–Trinajstić information content (AvgIpc) is 3.52. The maximum Gasteiger partial charge on any atom is 0.233 e. The molecule has 4 rings (SSSR count). The lowest BCUT2D eigenvalue weighted by atomic mass is 10.1. The average molecular weight is 492 g/mol. The van der Waals surface area contributed by atoms with Crippen molar-refractivity contribution in [1.82, 2.24) is 14.5 Å². The van der Waals surface area contributed by atoms with Crippen LogP contribution in [0.25, 0.3) is 11.3 Å². The number of benzene rings is 1. The summed E-state index contributed by atoms with van der Waals surface area (Å²) in [5.41, 5.74) is 2.10. The molecule has 3 heterocycles. The standard InChI is InChI=1S/C24H33N3O4S2/c1-18(2)14-26(20-10-12-33(29,30)17-20)23(28)16-32-24-25-13-22(19-7-4-3-5-8-19)27(24)15-21-9-6-11-31-21/h3-5,7-8,13,18,20-21H,6,9-12,14-17H2,1-2H3. The summed E-state index contributed by atoms with van der Waals surface area (Å²) in [6, 6.07) is 9.91. The highest BCUT2D eigenvalue weighted by Gasteiger charge is 2.35. The molecule has 0 radical (unpaired) electrons. The molecule has 2 aromatic rings. The van der Waals surface area contributed by atoms with Gasteiger partial charge in [-0.25, -0.2) is 13.4 Å². The summed E-state index contributed by atoms with van der Waals surface area (Å²) < 4.78 is 32.1. The molecule has 2 atom stereocenters. The van der Waals surface area contributed by atoms with Gasteiger partial charge in [-0.1, -0.05) is 55.9 Å². The Morgan fingerprint density at radius 1 is 1.27 bits per heavy atom. The minimum atomic E-state index is -3.06. The smallest absolute Gasteiger partial charge is 0.233 e. The van der Waals surface area contributed by atoms with Crippen LogP contribution < -0.4 is 0 Å². The van der Waals surface area contributed by atoms with E-state index in [2.05, 4.69) is 35.5 Å². The Balaban J connectivity index is 1.51. The summed E-state index contributed by atoms with van der Waals surface area (Å²) in [6.45, 7) is 6.17. The van der Waals surface area contributed by atoms with Gasteiger partial charge in [0.1, 0.15) is 0 Å². The normalized spacial score (nSPS) is 22.2. The van der Waals surface area contributed by atoms with E-state index in [0.29, 0.717) is 19.5 Å². The lowest BCUT2D eigenvalue weighted by molar-refractivity contribution is -0.130. The molecule has 1 aromatic heterocycles. The molecule has 0 aliphatic carbocycles. The summed E-state index contributed by atoms with van der Waals surface area (Å²) in [5, 5.41) is 0.793. The fourth-order valence-corrected chi connectivity index (χ4v) is 7.17. The number of thioether (sulfide) groups is 1. The van der Waals surface area contributed by atoms with Crippen LogP contribution in [-0.4, -0.2) is 71.3 Å². The Bertz CT molecular complexity index is 1050. The molecule has 0 N–H and O–H groups in total.